The third-order valence-corrected chi connectivity index (χ3v) is 3.02. The lowest BCUT2D eigenvalue weighted by Crippen LogP contribution is -2.35. The fraction of sp³-hybridized carbons (Fsp3) is 0.400. The average Bonchev–Trinajstić information content (AvgIpc) is 3.24. The smallest absolute Gasteiger partial charge is 0.333 e. The Balaban J connectivity index is 2.13. The molecule has 1 fully saturated rings. The minimum absolute atomic E-state index is 0.0220. The number of rotatable bonds is 6. The van der Waals surface area contributed by atoms with Gasteiger partial charge in [0.15, 0.2) is 17.3 Å². The lowest BCUT2D eigenvalue weighted by molar-refractivity contribution is -0.160. The molecule has 1 aliphatic carbocycles. The van der Waals surface area contributed by atoms with Crippen LogP contribution in [0.2, 0.25) is 0 Å². The number of halogens is 1. The van der Waals surface area contributed by atoms with Gasteiger partial charge in [0.25, 0.3) is 0 Å². The van der Waals surface area contributed by atoms with E-state index in [-0.39, 0.29) is 17.6 Å². The van der Waals surface area contributed by atoms with Crippen LogP contribution in [-0.4, -0.2) is 30.9 Å². The Bertz CT molecular complexity index is 608. The molecule has 0 bridgehead atoms. The van der Waals surface area contributed by atoms with E-state index in [9.17, 15) is 18.8 Å². The van der Waals surface area contributed by atoms with Gasteiger partial charge in [0.2, 0.25) is 5.92 Å². The number of carbonyl (C=O) groups is 3. The lowest BCUT2D eigenvalue weighted by atomic mass is 10.1. The summed E-state index contributed by atoms with van der Waals surface area (Å²) in [5.41, 5.74) is 0. The lowest BCUT2D eigenvalue weighted by Gasteiger charge is -2.14. The van der Waals surface area contributed by atoms with Crippen molar-refractivity contribution < 1.29 is 33.0 Å². The number of benzene rings is 1. The molecule has 0 saturated heterocycles. The van der Waals surface area contributed by atoms with Crippen LogP contribution in [0.15, 0.2) is 18.2 Å². The van der Waals surface area contributed by atoms with Gasteiger partial charge in [0, 0.05) is 6.07 Å². The summed E-state index contributed by atoms with van der Waals surface area (Å²) in [6.07, 6.45) is 1.21. The third kappa shape index (κ3) is 3.81. The zero-order valence-electron chi connectivity index (χ0n) is 12.1. The molecule has 1 atom stereocenters. The van der Waals surface area contributed by atoms with E-state index < -0.39 is 29.5 Å². The molecule has 118 valence electrons. The van der Waals surface area contributed by atoms with Crippen LogP contribution in [0.1, 0.15) is 19.8 Å². The Kier molecular flexibility index (Phi) is 4.75. The molecule has 0 radical (unpaired) electrons. The van der Waals surface area contributed by atoms with Gasteiger partial charge in [-0.2, -0.15) is 0 Å². The third-order valence-electron chi connectivity index (χ3n) is 3.02. The van der Waals surface area contributed by atoms with Crippen LogP contribution < -0.4 is 9.47 Å². The minimum atomic E-state index is -1.66. The summed E-state index contributed by atoms with van der Waals surface area (Å²) in [4.78, 5) is 35.4. The molecule has 0 heterocycles. The van der Waals surface area contributed by atoms with E-state index in [0.29, 0.717) is 0 Å². The van der Waals surface area contributed by atoms with Gasteiger partial charge in [-0.1, -0.05) is 0 Å². The second kappa shape index (κ2) is 6.55. The van der Waals surface area contributed by atoms with Gasteiger partial charge >= 0.3 is 11.9 Å². The van der Waals surface area contributed by atoms with Gasteiger partial charge < -0.3 is 14.2 Å². The fourth-order valence-corrected chi connectivity index (χ4v) is 1.74. The highest BCUT2D eigenvalue weighted by molar-refractivity contribution is 6.14. The maximum absolute atomic E-state index is 13.1. The summed E-state index contributed by atoms with van der Waals surface area (Å²) >= 11 is 0. The molecule has 1 aromatic carbocycles. The zero-order valence-corrected chi connectivity index (χ0v) is 12.1. The highest BCUT2D eigenvalue weighted by atomic mass is 19.1. The molecular weight excluding hydrogens is 295 g/mol. The van der Waals surface area contributed by atoms with Gasteiger partial charge in [0.05, 0.1) is 7.11 Å². The van der Waals surface area contributed by atoms with E-state index in [1.165, 1.54) is 13.2 Å². The first-order valence-corrected chi connectivity index (χ1v) is 6.68. The quantitative estimate of drug-likeness (QED) is 0.451. The van der Waals surface area contributed by atoms with Gasteiger partial charge in [-0.25, -0.2) is 4.39 Å². The number of methoxy groups -OCH3 is 1. The number of ether oxygens (including phenoxy) is 3. The first-order valence-electron chi connectivity index (χ1n) is 6.68. The van der Waals surface area contributed by atoms with Crippen LogP contribution in [-0.2, 0) is 19.1 Å². The van der Waals surface area contributed by atoms with Crippen molar-refractivity contribution in [3.8, 4) is 11.5 Å². The van der Waals surface area contributed by atoms with Crippen LogP contribution in [0.3, 0.4) is 0 Å². The van der Waals surface area contributed by atoms with Crippen molar-refractivity contribution in [3.63, 3.8) is 0 Å². The number of hydrogen-bond acceptors (Lipinski definition) is 6. The molecule has 1 aromatic rings. The summed E-state index contributed by atoms with van der Waals surface area (Å²) in [7, 11) is 1.27. The average molecular weight is 310 g/mol. The molecule has 1 saturated carbocycles. The Labute approximate surface area is 126 Å². The highest BCUT2D eigenvalue weighted by Crippen LogP contribution is 2.29. The van der Waals surface area contributed by atoms with Crippen LogP contribution in [0, 0.1) is 11.7 Å². The van der Waals surface area contributed by atoms with Crippen LogP contribution in [0.4, 0.5) is 4.39 Å². The molecule has 1 unspecified atom stereocenters. The summed E-state index contributed by atoms with van der Waals surface area (Å²) < 4.78 is 27.9. The Morgan fingerprint density at radius 3 is 2.41 bits per heavy atom. The minimum Gasteiger partial charge on any atom is -0.493 e. The van der Waals surface area contributed by atoms with Crippen molar-refractivity contribution in [2.75, 3.05) is 7.11 Å². The van der Waals surface area contributed by atoms with Crippen molar-refractivity contribution in [2.45, 2.75) is 25.9 Å². The molecule has 0 amide bonds. The van der Waals surface area contributed by atoms with Gasteiger partial charge in [-0.15, -0.1) is 0 Å². The molecule has 0 spiro atoms. The highest BCUT2D eigenvalue weighted by Gasteiger charge is 2.38. The molecule has 0 N–H and O–H groups in total. The first kappa shape index (κ1) is 15.9. The van der Waals surface area contributed by atoms with E-state index in [1.807, 2.05) is 0 Å². The van der Waals surface area contributed by atoms with Crippen molar-refractivity contribution in [3.05, 3.63) is 24.0 Å². The second-order valence-electron chi connectivity index (χ2n) is 4.90. The van der Waals surface area contributed by atoms with Crippen molar-refractivity contribution in [1.82, 2.24) is 0 Å². The summed E-state index contributed by atoms with van der Waals surface area (Å²) in [6.45, 7) is 1.10. The Hall–Kier alpha value is -2.44. The molecular formula is C15H15FO6. The van der Waals surface area contributed by atoms with E-state index in [0.717, 1.165) is 31.9 Å². The van der Waals surface area contributed by atoms with Crippen molar-refractivity contribution in [2.24, 2.45) is 5.92 Å². The summed E-state index contributed by atoms with van der Waals surface area (Å²) in [6, 6.07) is 3.26. The number of Topliss-reactive ketones (excluding diaryl/α,β-unsaturated/α-hetero) is 1. The Morgan fingerprint density at radius 2 is 1.86 bits per heavy atom. The molecule has 6 nitrogen and oxygen atoms in total. The second-order valence-corrected chi connectivity index (χ2v) is 4.90. The summed E-state index contributed by atoms with van der Waals surface area (Å²) in [5.74, 6) is -5.03. The van der Waals surface area contributed by atoms with Crippen LogP contribution >= 0.6 is 0 Å². The van der Waals surface area contributed by atoms with Crippen LogP contribution in [0.25, 0.3) is 0 Å². The topological polar surface area (TPSA) is 78.9 Å². The number of ketones is 1. The van der Waals surface area contributed by atoms with E-state index in [1.54, 1.807) is 0 Å². The van der Waals surface area contributed by atoms with E-state index >= 15 is 0 Å². The predicted molar refractivity (Wildman–Crippen MR) is 71.9 cm³/mol. The summed E-state index contributed by atoms with van der Waals surface area (Å²) in [5, 5.41) is 0. The number of carbonyl (C=O) groups excluding carboxylic acids is 3. The van der Waals surface area contributed by atoms with Gasteiger partial charge in [0.1, 0.15) is 11.9 Å². The van der Waals surface area contributed by atoms with Gasteiger partial charge in [-0.3, -0.25) is 14.4 Å². The van der Waals surface area contributed by atoms with E-state index in [2.05, 4.69) is 0 Å². The molecule has 0 aromatic heterocycles. The standard InChI is InChI=1S/C15H15FO6/c1-8(17)13(14(18)21-10-4-5-10)15(19)22-11-6-3-9(16)7-12(11)20-2/h3,6-7,10,13H,4-5H2,1-2H3. The monoisotopic (exact) mass is 310 g/mol. The zero-order chi connectivity index (χ0) is 16.3. The normalized spacial score (nSPS) is 14.9. The van der Waals surface area contributed by atoms with Crippen molar-refractivity contribution in [1.29, 1.82) is 0 Å². The Morgan fingerprint density at radius 1 is 1.18 bits per heavy atom. The predicted octanol–water partition coefficient (Wildman–Crippen LogP) is 1.65. The maximum Gasteiger partial charge on any atom is 0.333 e. The van der Waals surface area contributed by atoms with Gasteiger partial charge in [-0.05, 0) is 31.9 Å². The number of esters is 2. The van der Waals surface area contributed by atoms with E-state index in [4.69, 9.17) is 14.2 Å². The largest absolute Gasteiger partial charge is 0.493 e. The number of hydrogen-bond donors (Lipinski definition) is 0. The van der Waals surface area contributed by atoms with Crippen molar-refractivity contribution >= 4 is 17.7 Å². The molecule has 7 heteroatoms. The molecule has 22 heavy (non-hydrogen) atoms. The maximum atomic E-state index is 13.1. The molecule has 0 aliphatic heterocycles. The molecule has 1 aliphatic rings. The van der Waals surface area contributed by atoms with Crippen LogP contribution in [0.5, 0.6) is 11.5 Å². The first-order chi connectivity index (χ1) is 10.4. The SMILES string of the molecule is COc1cc(F)ccc1OC(=O)C(C(C)=O)C(=O)OC1CC1. The molecule has 2 rings (SSSR count). The fourth-order valence-electron chi connectivity index (χ4n) is 1.74.